The van der Waals surface area contributed by atoms with Crippen molar-refractivity contribution in [3.8, 4) is 17.2 Å². The fraction of sp³-hybridized carbons (Fsp3) is 0.364. The van der Waals surface area contributed by atoms with Gasteiger partial charge in [-0.3, -0.25) is 27.7 Å². The molecule has 33 heavy (non-hydrogen) atoms. The average molecular weight is 455 g/mol. The first-order valence-corrected chi connectivity index (χ1v) is 10.4. The van der Waals surface area contributed by atoms with Crippen LogP contribution >= 0.6 is 0 Å². The van der Waals surface area contributed by atoms with Crippen molar-refractivity contribution in [2.24, 2.45) is 7.05 Å². The normalized spacial score (nSPS) is 11.3. The molecule has 1 aromatic carbocycles. The quantitative estimate of drug-likeness (QED) is 0.388. The van der Waals surface area contributed by atoms with E-state index in [9.17, 15) is 14.4 Å². The number of aryl methyl sites for hydroxylation is 2. The Morgan fingerprint density at radius 1 is 1.15 bits per heavy atom. The van der Waals surface area contributed by atoms with Crippen molar-refractivity contribution in [3.63, 3.8) is 0 Å². The molecule has 4 rings (SSSR count). The number of carbonyl (C=O) groups is 1. The van der Waals surface area contributed by atoms with E-state index >= 15 is 0 Å². The fourth-order valence-electron chi connectivity index (χ4n) is 3.91. The van der Waals surface area contributed by atoms with E-state index in [1.54, 1.807) is 50.9 Å². The van der Waals surface area contributed by atoms with Gasteiger partial charge in [0.1, 0.15) is 11.5 Å². The number of hydrogen-bond acceptors (Lipinski definition) is 7. The Morgan fingerprint density at radius 3 is 2.58 bits per heavy atom. The van der Waals surface area contributed by atoms with Crippen LogP contribution in [0.1, 0.15) is 19.0 Å². The number of methoxy groups -OCH3 is 2. The lowest BCUT2D eigenvalue weighted by Crippen LogP contribution is -2.39. The van der Waals surface area contributed by atoms with Gasteiger partial charge < -0.3 is 14.2 Å². The van der Waals surface area contributed by atoms with Gasteiger partial charge >= 0.3 is 11.7 Å². The molecule has 3 aromatic heterocycles. The van der Waals surface area contributed by atoms with E-state index in [0.29, 0.717) is 23.0 Å². The zero-order chi connectivity index (χ0) is 23.9. The molecule has 0 radical (unpaired) electrons. The topological polar surface area (TPSA) is 111 Å². The molecule has 174 valence electrons. The largest absolute Gasteiger partial charge is 0.497 e. The fourth-order valence-corrected chi connectivity index (χ4v) is 3.91. The predicted octanol–water partition coefficient (Wildman–Crippen LogP) is 1.42. The molecule has 4 aromatic rings. The Labute approximate surface area is 188 Å². The van der Waals surface area contributed by atoms with Crippen LogP contribution in [-0.4, -0.2) is 49.9 Å². The molecule has 0 spiro atoms. The first kappa shape index (κ1) is 22.2. The van der Waals surface area contributed by atoms with Gasteiger partial charge in [0.15, 0.2) is 11.2 Å². The molecule has 0 bridgehead atoms. The third-order valence-corrected chi connectivity index (χ3v) is 5.50. The van der Waals surface area contributed by atoms with Crippen molar-refractivity contribution in [3.05, 3.63) is 50.9 Å². The average Bonchev–Trinajstić information content (AvgIpc) is 3.31. The minimum atomic E-state index is -0.556. The molecule has 0 N–H and O–H groups in total. The predicted molar refractivity (Wildman–Crippen MR) is 121 cm³/mol. The number of ether oxygens (including phenoxy) is 3. The lowest BCUT2D eigenvalue weighted by atomic mass is 10.2. The second-order valence-electron chi connectivity index (χ2n) is 7.45. The van der Waals surface area contributed by atoms with Gasteiger partial charge in [-0.25, -0.2) is 4.79 Å². The molecular formula is C22H25N5O6. The number of imidazole rings is 2. The van der Waals surface area contributed by atoms with Gasteiger partial charge in [-0.05, 0) is 26.0 Å². The molecule has 0 saturated heterocycles. The number of esters is 1. The van der Waals surface area contributed by atoms with Gasteiger partial charge in [0.25, 0.3) is 5.56 Å². The highest BCUT2D eigenvalue weighted by Gasteiger charge is 2.22. The van der Waals surface area contributed by atoms with Crippen molar-refractivity contribution in [1.82, 2.24) is 23.1 Å². The minimum Gasteiger partial charge on any atom is -0.497 e. The third kappa shape index (κ3) is 3.55. The zero-order valence-corrected chi connectivity index (χ0v) is 19.1. The summed E-state index contributed by atoms with van der Waals surface area (Å²) in [6.07, 6.45) is 1.68. The lowest BCUT2D eigenvalue weighted by Gasteiger charge is -2.12. The van der Waals surface area contributed by atoms with Gasteiger partial charge in [-0.1, -0.05) is 0 Å². The Hall–Kier alpha value is -4.02. The van der Waals surface area contributed by atoms with Gasteiger partial charge in [0.2, 0.25) is 5.78 Å². The number of nitrogens with zero attached hydrogens (tertiary/aromatic N) is 5. The van der Waals surface area contributed by atoms with E-state index in [1.165, 1.54) is 4.57 Å². The van der Waals surface area contributed by atoms with E-state index in [1.807, 2.05) is 17.6 Å². The van der Waals surface area contributed by atoms with Crippen LogP contribution < -0.4 is 20.7 Å². The second-order valence-corrected chi connectivity index (χ2v) is 7.45. The molecule has 0 fully saturated rings. The van der Waals surface area contributed by atoms with E-state index in [0.717, 1.165) is 10.3 Å². The highest BCUT2D eigenvalue weighted by atomic mass is 16.5. The van der Waals surface area contributed by atoms with E-state index in [4.69, 9.17) is 14.2 Å². The number of carbonyl (C=O) groups excluding carboxylic acids is 1. The number of hydrogen-bond donors (Lipinski definition) is 0. The van der Waals surface area contributed by atoms with Crippen LogP contribution in [0.2, 0.25) is 0 Å². The number of benzene rings is 1. The summed E-state index contributed by atoms with van der Waals surface area (Å²) < 4.78 is 21.6. The summed E-state index contributed by atoms with van der Waals surface area (Å²) in [7, 11) is 4.68. The Kier molecular flexibility index (Phi) is 5.71. The molecule has 0 atom stereocenters. The summed E-state index contributed by atoms with van der Waals surface area (Å²) in [5.74, 6) is 1.17. The summed E-state index contributed by atoms with van der Waals surface area (Å²) >= 11 is 0. The first-order valence-electron chi connectivity index (χ1n) is 10.4. The molecule has 0 aliphatic heterocycles. The van der Waals surface area contributed by atoms with Crippen molar-refractivity contribution >= 4 is 22.9 Å². The molecule has 3 heterocycles. The number of fused-ring (bicyclic) bond motifs is 3. The molecule has 0 saturated carbocycles. The van der Waals surface area contributed by atoms with Crippen LogP contribution in [0.5, 0.6) is 11.5 Å². The van der Waals surface area contributed by atoms with Crippen molar-refractivity contribution in [2.75, 3.05) is 20.8 Å². The van der Waals surface area contributed by atoms with Gasteiger partial charge in [-0.15, -0.1) is 0 Å². The molecule has 11 heteroatoms. The Bertz CT molecular complexity index is 1490. The second kappa shape index (κ2) is 8.49. The molecular weight excluding hydrogens is 430 g/mol. The highest BCUT2D eigenvalue weighted by Crippen LogP contribution is 2.31. The molecule has 0 aliphatic rings. The number of rotatable bonds is 7. The van der Waals surface area contributed by atoms with Crippen molar-refractivity contribution in [1.29, 1.82) is 0 Å². The molecule has 0 amide bonds. The number of aromatic nitrogens is 5. The highest BCUT2D eigenvalue weighted by molar-refractivity contribution is 5.77. The lowest BCUT2D eigenvalue weighted by molar-refractivity contribution is -0.143. The summed E-state index contributed by atoms with van der Waals surface area (Å²) in [6, 6.07) is 5.37. The van der Waals surface area contributed by atoms with Crippen LogP contribution in [0.15, 0.2) is 34.0 Å². The Morgan fingerprint density at radius 2 is 1.91 bits per heavy atom. The van der Waals surface area contributed by atoms with Gasteiger partial charge in [-0.2, -0.15) is 4.98 Å². The SMILES string of the molecule is CCOC(=O)CCn1c(=O)c2c(nc3n(-c4cc(OC)ccc4OC)c(C)cn23)n(C)c1=O. The molecule has 11 nitrogen and oxygen atoms in total. The maximum atomic E-state index is 13.3. The summed E-state index contributed by atoms with van der Waals surface area (Å²) in [5.41, 5.74) is 0.853. The van der Waals surface area contributed by atoms with Crippen LogP contribution in [0.3, 0.4) is 0 Å². The summed E-state index contributed by atoms with van der Waals surface area (Å²) in [6.45, 7) is 3.72. The Balaban J connectivity index is 1.97. The van der Waals surface area contributed by atoms with Crippen molar-refractivity contribution in [2.45, 2.75) is 26.8 Å². The van der Waals surface area contributed by atoms with E-state index in [2.05, 4.69) is 4.98 Å². The summed E-state index contributed by atoms with van der Waals surface area (Å²) in [5, 5.41) is 0. The van der Waals surface area contributed by atoms with E-state index in [-0.39, 0.29) is 30.7 Å². The maximum absolute atomic E-state index is 13.3. The smallest absolute Gasteiger partial charge is 0.332 e. The molecule has 0 aliphatic carbocycles. The van der Waals surface area contributed by atoms with Crippen molar-refractivity contribution < 1.29 is 19.0 Å². The monoisotopic (exact) mass is 455 g/mol. The van der Waals surface area contributed by atoms with Crippen LogP contribution in [0.4, 0.5) is 0 Å². The third-order valence-electron chi connectivity index (χ3n) is 5.50. The zero-order valence-electron chi connectivity index (χ0n) is 19.1. The summed E-state index contributed by atoms with van der Waals surface area (Å²) in [4.78, 5) is 42.6. The van der Waals surface area contributed by atoms with Crippen LogP contribution in [-0.2, 0) is 23.1 Å². The first-order chi connectivity index (χ1) is 15.8. The minimum absolute atomic E-state index is 0.0858. The molecule has 0 unspecified atom stereocenters. The maximum Gasteiger partial charge on any atom is 0.332 e. The van der Waals surface area contributed by atoms with E-state index < -0.39 is 17.2 Å². The van der Waals surface area contributed by atoms with Crippen LogP contribution in [0, 0.1) is 6.92 Å². The van der Waals surface area contributed by atoms with Crippen LogP contribution in [0.25, 0.3) is 22.6 Å². The van der Waals surface area contributed by atoms with Gasteiger partial charge in [0, 0.05) is 31.5 Å². The van der Waals surface area contributed by atoms with Gasteiger partial charge in [0.05, 0.1) is 32.9 Å². The standard InChI is InChI=1S/C22H25N5O6/c1-6-33-17(28)9-10-25-20(29)18-19(24(3)22(25)30)23-21-26(18)12-13(2)27(21)15-11-14(31-4)7-8-16(15)32-5/h7-8,11-12H,6,9-10H2,1-5H3.